The first kappa shape index (κ1) is 48.2. The predicted molar refractivity (Wildman–Crippen MR) is 227 cm³/mol. The second kappa shape index (κ2) is 19.9. The number of aliphatic hydroxyl groups is 1. The number of rotatable bonds is 13. The number of nitrogens with zero attached hydrogens (tertiary/aromatic N) is 2. The van der Waals surface area contributed by atoms with E-state index in [1.165, 1.54) is 52.7 Å². The molecule has 3 aliphatic heterocycles. The van der Waals surface area contributed by atoms with Gasteiger partial charge in [-0.3, -0.25) is 19.7 Å². The van der Waals surface area contributed by atoms with Gasteiger partial charge in [-0.15, -0.1) is 0 Å². The smallest absolute Gasteiger partial charge is 0.409 e. The van der Waals surface area contributed by atoms with Crippen LogP contribution in [0.25, 0.3) is 0 Å². The van der Waals surface area contributed by atoms with Gasteiger partial charge in [0.2, 0.25) is 11.8 Å². The summed E-state index contributed by atoms with van der Waals surface area (Å²) in [7, 11) is 8.92. The van der Waals surface area contributed by atoms with Gasteiger partial charge in [-0.25, -0.2) is 9.59 Å². The number of hydrogen-bond donors (Lipinski definition) is 3. The maximum Gasteiger partial charge on any atom is 0.409 e. The molecule has 0 aromatic heterocycles. The van der Waals surface area contributed by atoms with Crippen molar-refractivity contribution < 1.29 is 57.9 Å². The number of likely N-dealkylation sites (N-methyl/N-ethyl adjacent to an activating group) is 1. The lowest BCUT2D eigenvalue weighted by molar-refractivity contribution is -0.162. The van der Waals surface area contributed by atoms with Crippen LogP contribution in [-0.2, 0) is 44.5 Å². The highest BCUT2D eigenvalue weighted by Gasteiger charge is 2.64. The monoisotopic (exact) mass is 883 g/mol. The van der Waals surface area contributed by atoms with Crippen LogP contribution in [0.1, 0.15) is 79.2 Å². The van der Waals surface area contributed by atoms with Gasteiger partial charge in [0.1, 0.15) is 40.7 Å². The summed E-state index contributed by atoms with van der Waals surface area (Å²) in [6.45, 7) is 10.9. The number of allylic oxidation sites excluding steroid dienone is 3. The molecule has 3 aliphatic rings. The van der Waals surface area contributed by atoms with E-state index in [1.807, 2.05) is 26.8 Å². The Bertz CT molecular complexity index is 1810. The number of carbonyl (C=O) groups is 5. The number of esters is 1. The number of alkyl carbamates (subject to hydrolysis) is 1. The highest BCUT2D eigenvalue weighted by atomic mass is 35.5. The van der Waals surface area contributed by atoms with Crippen molar-refractivity contribution in [2.24, 2.45) is 5.92 Å². The van der Waals surface area contributed by atoms with Crippen molar-refractivity contribution in [1.82, 2.24) is 10.2 Å². The largest absolute Gasteiger partial charge is 0.495 e. The number of benzene rings is 1. The van der Waals surface area contributed by atoms with Gasteiger partial charge >= 0.3 is 18.0 Å². The molecule has 0 spiro atoms. The molecule has 328 valence electrons. The molecule has 1 aromatic carbocycles. The summed E-state index contributed by atoms with van der Waals surface area (Å²) in [6.07, 6.45) is 1.34. The fraction of sp³-hybridized carbons (Fsp3) is 0.634. The molecule has 4 rings (SSSR count). The standard InChI is InChI=1S/C41H58ClN3O12S2/c1-23-12-11-13-30(54-10)41(52)22-29(55-38(51)43-41)24(2)36-40(6,57-36)31(21-33(47)45(8)27-19-26(18-23)20-28(53-9)35(27)42)56-37(50)25(3)44(7)32(46)14-16-39(4,5)59-58-17-15-34(48)49/h11-13,19-20,24-25,29-31,36,52H,14-18,21-22H2,1-10H3,(H,43,51)(H,48,49)/b13-11+,23-12+/t24-,25+,29+,30-,31+,36+,40-,41+/m0/s1. The molecule has 0 saturated carbocycles. The molecule has 1 aromatic rings. The number of aliphatic carboxylic acids is 1. The van der Waals surface area contributed by atoms with Gasteiger partial charge in [0, 0.05) is 50.5 Å². The van der Waals surface area contributed by atoms with Gasteiger partial charge < -0.3 is 43.7 Å². The van der Waals surface area contributed by atoms with E-state index in [2.05, 4.69) is 5.32 Å². The Labute approximate surface area is 359 Å². The SMILES string of the molecule is COc1cc2cc(c1Cl)N(C)C(=O)C[C@@H](OC(=O)[C@@H](C)N(C)C(=O)CCC(C)(C)SSCCC(=O)O)[C@]1(C)O[C@@H]1[C@@H](C)[C@H]1C[C@](O)(NC(=O)O1)[C@@H](OC)/C=C/C=C(\C)C2. The number of amides is 3. The summed E-state index contributed by atoms with van der Waals surface area (Å²) in [6, 6.07) is 2.52. The van der Waals surface area contributed by atoms with E-state index in [1.54, 1.807) is 52.1 Å². The molecule has 2 fully saturated rings. The zero-order valence-corrected chi connectivity index (χ0v) is 37.8. The third-order valence-electron chi connectivity index (χ3n) is 11.1. The Morgan fingerprint density at radius 2 is 1.90 bits per heavy atom. The fourth-order valence-corrected chi connectivity index (χ4v) is 10.0. The quantitative estimate of drug-likeness (QED) is 0.0914. The molecule has 2 saturated heterocycles. The van der Waals surface area contributed by atoms with Crippen LogP contribution < -0.4 is 15.0 Å². The molecular weight excluding hydrogens is 826 g/mol. The van der Waals surface area contributed by atoms with Crippen molar-refractivity contribution in [3.63, 3.8) is 0 Å². The zero-order chi connectivity index (χ0) is 44.0. The molecule has 59 heavy (non-hydrogen) atoms. The maximum atomic E-state index is 14.2. The zero-order valence-electron chi connectivity index (χ0n) is 35.4. The molecule has 0 aliphatic carbocycles. The number of methoxy groups -OCH3 is 2. The van der Waals surface area contributed by atoms with Crippen LogP contribution in [0.15, 0.2) is 35.9 Å². The number of hydrogen-bond acceptors (Lipinski definition) is 13. The van der Waals surface area contributed by atoms with Crippen LogP contribution in [0.3, 0.4) is 0 Å². The minimum absolute atomic E-state index is 0.0381. The number of nitrogens with one attached hydrogen (secondary N) is 1. The van der Waals surface area contributed by atoms with Crippen LogP contribution in [0.5, 0.6) is 5.75 Å². The molecule has 0 unspecified atom stereocenters. The molecular formula is C41H58ClN3O12S2. The van der Waals surface area contributed by atoms with Crippen LogP contribution in [-0.4, -0.2) is 126 Å². The average molecular weight is 885 g/mol. The van der Waals surface area contributed by atoms with Gasteiger partial charge in [0.25, 0.3) is 0 Å². The summed E-state index contributed by atoms with van der Waals surface area (Å²) in [4.78, 5) is 68.0. The normalized spacial score (nSPS) is 29.5. The Hall–Kier alpha value is -3.48. The minimum Gasteiger partial charge on any atom is -0.495 e. The molecule has 3 heterocycles. The second-order valence-corrected chi connectivity index (χ2v) is 19.7. The Morgan fingerprint density at radius 3 is 2.54 bits per heavy atom. The lowest BCUT2D eigenvalue weighted by atomic mass is 9.83. The van der Waals surface area contributed by atoms with Gasteiger partial charge in [-0.05, 0) is 65.2 Å². The van der Waals surface area contributed by atoms with Gasteiger partial charge in [-0.2, -0.15) is 0 Å². The molecule has 4 bridgehead atoms. The summed E-state index contributed by atoms with van der Waals surface area (Å²) in [5.74, 6) is -2.16. The number of epoxide rings is 1. The van der Waals surface area contributed by atoms with E-state index in [0.29, 0.717) is 30.0 Å². The molecule has 3 N–H and O–H groups in total. The minimum atomic E-state index is -1.85. The first-order chi connectivity index (χ1) is 27.5. The summed E-state index contributed by atoms with van der Waals surface area (Å²) >= 11 is 6.78. The summed E-state index contributed by atoms with van der Waals surface area (Å²) in [5, 5.41) is 23.4. The van der Waals surface area contributed by atoms with E-state index < -0.39 is 71.6 Å². The third kappa shape index (κ3) is 12.1. The highest BCUT2D eigenvalue weighted by Crippen LogP contribution is 2.49. The predicted octanol–water partition coefficient (Wildman–Crippen LogP) is 5.93. The molecule has 8 atom stereocenters. The van der Waals surface area contributed by atoms with E-state index in [0.717, 1.165) is 11.1 Å². The van der Waals surface area contributed by atoms with Crippen molar-refractivity contribution in [3.05, 3.63) is 46.5 Å². The van der Waals surface area contributed by atoms with E-state index in [4.69, 9.17) is 40.4 Å². The number of carboxylic acid groups (broad SMARTS) is 1. The van der Waals surface area contributed by atoms with Crippen LogP contribution in [0.2, 0.25) is 5.02 Å². The fourth-order valence-electron chi connectivity index (χ4n) is 7.17. The molecule has 18 heteroatoms. The number of carbonyl (C=O) groups excluding carboxylic acids is 4. The Kier molecular flexibility index (Phi) is 16.3. The number of halogens is 1. The summed E-state index contributed by atoms with van der Waals surface area (Å²) < 4.78 is 29.0. The Morgan fingerprint density at radius 1 is 1.20 bits per heavy atom. The van der Waals surface area contributed by atoms with Crippen molar-refractivity contribution in [2.75, 3.05) is 39.0 Å². The first-order valence-electron chi connectivity index (χ1n) is 19.4. The van der Waals surface area contributed by atoms with Crippen molar-refractivity contribution in [3.8, 4) is 5.75 Å². The topological polar surface area (TPSA) is 194 Å². The van der Waals surface area contributed by atoms with E-state index in [9.17, 15) is 29.1 Å². The number of ether oxygens (including phenoxy) is 5. The van der Waals surface area contributed by atoms with Gasteiger partial charge in [0.15, 0.2) is 5.72 Å². The molecule has 15 nitrogen and oxygen atoms in total. The van der Waals surface area contributed by atoms with E-state index in [-0.39, 0.29) is 41.4 Å². The Balaban J connectivity index is 1.64. The van der Waals surface area contributed by atoms with Crippen LogP contribution in [0, 0.1) is 5.92 Å². The highest BCUT2D eigenvalue weighted by molar-refractivity contribution is 8.77. The van der Waals surface area contributed by atoms with Crippen molar-refractivity contribution in [1.29, 1.82) is 0 Å². The third-order valence-corrected chi connectivity index (χ3v) is 14.9. The lowest BCUT2D eigenvalue weighted by Gasteiger charge is -2.42. The van der Waals surface area contributed by atoms with Gasteiger partial charge in [-0.1, -0.05) is 63.9 Å². The number of anilines is 1. The van der Waals surface area contributed by atoms with Crippen molar-refractivity contribution >= 4 is 68.7 Å². The number of carboxylic acids is 1. The van der Waals surface area contributed by atoms with Crippen LogP contribution >= 0.6 is 33.2 Å². The van der Waals surface area contributed by atoms with E-state index >= 15 is 0 Å². The van der Waals surface area contributed by atoms with Crippen LogP contribution in [0.4, 0.5) is 10.5 Å². The van der Waals surface area contributed by atoms with Crippen molar-refractivity contribution in [2.45, 2.75) is 127 Å². The second-order valence-electron chi connectivity index (χ2n) is 16.2. The average Bonchev–Trinajstić information content (AvgIpc) is 3.87. The van der Waals surface area contributed by atoms with Gasteiger partial charge in [0.05, 0.1) is 31.7 Å². The summed E-state index contributed by atoms with van der Waals surface area (Å²) in [5.41, 5.74) is -1.03. The number of fused-ring (bicyclic) bond motifs is 5. The lowest BCUT2D eigenvalue weighted by Crippen LogP contribution is -2.63. The maximum absolute atomic E-state index is 14.2. The molecule has 0 radical (unpaired) electrons. The first-order valence-corrected chi connectivity index (χ1v) is 22.1. The molecule has 3 amide bonds.